The van der Waals surface area contributed by atoms with E-state index in [1.54, 1.807) is 0 Å². The molecule has 0 amide bonds. The zero-order valence-corrected chi connectivity index (χ0v) is 28.5. The van der Waals surface area contributed by atoms with Gasteiger partial charge in [-0.3, -0.25) is 4.57 Å². The van der Waals surface area contributed by atoms with Crippen molar-refractivity contribution in [1.29, 1.82) is 0 Å². The van der Waals surface area contributed by atoms with Crippen molar-refractivity contribution >= 4 is 57.3 Å². The van der Waals surface area contributed by atoms with Crippen LogP contribution >= 0.6 is 0 Å². The summed E-state index contributed by atoms with van der Waals surface area (Å²) in [5.74, 6) is 0.926. The van der Waals surface area contributed by atoms with Crippen LogP contribution in [0.5, 0.6) is 0 Å². The Balaban J connectivity index is 1.24. The number of pyridine rings is 1. The first-order valence-electron chi connectivity index (χ1n) is 16.3. The molecule has 0 saturated heterocycles. The van der Waals surface area contributed by atoms with Crippen LogP contribution in [0.4, 0.5) is 17.1 Å². The van der Waals surface area contributed by atoms with Gasteiger partial charge in [0.05, 0.1) is 34.1 Å². The molecule has 0 radical (unpaired) electrons. The van der Waals surface area contributed by atoms with Gasteiger partial charge in [0.15, 0.2) is 0 Å². The highest BCUT2D eigenvalue weighted by molar-refractivity contribution is 7.00. The Morgan fingerprint density at radius 2 is 1.38 bits per heavy atom. The number of fused-ring (bicyclic) bond motifs is 4. The predicted octanol–water partition coefficient (Wildman–Crippen LogP) is 9.19. The summed E-state index contributed by atoms with van der Waals surface area (Å²) in [4.78, 5) is 11.4. The van der Waals surface area contributed by atoms with E-state index in [0.29, 0.717) is 0 Å². The Morgan fingerprint density at radius 3 is 2.21 bits per heavy atom. The van der Waals surface area contributed by atoms with Crippen LogP contribution in [0.25, 0.3) is 38.8 Å². The number of benzene rings is 5. The fourth-order valence-corrected chi connectivity index (χ4v) is 9.31. The second-order valence-corrected chi connectivity index (χ2v) is 17.7. The molecule has 6 heteroatoms. The minimum Gasteiger partial charge on any atom is -0.294 e. The molecule has 8 rings (SSSR count). The second kappa shape index (κ2) is 11.3. The van der Waals surface area contributed by atoms with E-state index in [4.69, 9.17) is 9.92 Å². The molecule has 0 atom stereocenters. The van der Waals surface area contributed by atoms with E-state index in [1.165, 1.54) is 43.4 Å². The maximum absolute atomic E-state index is 6.43. The lowest BCUT2D eigenvalue weighted by atomic mass is 10.0. The number of rotatable bonds is 6. The first kappa shape index (κ1) is 29.2. The summed E-state index contributed by atoms with van der Waals surface area (Å²) in [6, 6.07) is 46.1. The van der Waals surface area contributed by atoms with Gasteiger partial charge in [-0.15, -0.1) is 4.94 Å². The van der Waals surface area contributed by atoms with Crippen LogP contribution in [-0.4, -0.2) is 23.7 Å². The summed E-state index contributed by atoms with van der Waals surface area (Å²) in [6.45, 7) is 11.3. The van der Waals surface area contributed by atoms with Gasteiger partial charge < -0.3 is 0 Å². The molecule has 1 aliphatic heterocycles. The largest absolute Gasteiger partial charge is 0.294 e. The third kappa shape index (κ3) is 4.83. The highest BCUT2D eigenvalue weighted by Gasteiger charge is 2.32. The van der Waals surface area contributed by atoms with Crippen molar-refractivity contribution in [3.8, 4) is 16.9 Å². The van der Waals surface area contributed by atoms with Crippen molar-refractivity contribution in [3.05, 3.63) is 139 Å². The topological polar surface area (TPSA) is 33.5 Å². The molecule has 0 saturated carbocycles. The fourth-order valence-electron chi connectivity index (χ4n) is 6.96. The molecule has 2 aromatic heterocycles. The summed E-state index contributed by atoms with van der Waals surface area (Å²) >= 11 is 0. The predicted molar refractivity (Wildman–Crippen MR) is 199 cm³/mol. The Kier molecular flexibility index (Phi) is 7.01. The quantitative estimate of drug-likeness (QED) is 0.172. The SMILES string of the molecule is Cc1ccccc1-c1ccnc(-n2c3ccccc3c3ccc([Si](C)(C)c4cccc(N5ON(C(C)C)c6ccccc65)c4)cc32)c1. The summed E-state index contributed by atoms with van der Waals surface area (Å²) in [5, 5.41) is 9.14. The molecular weight excluding hydrogens is 593 g/mol. The van der Waals surface area contributed by atoms with Gasteiger partial charge in [-0.2, -0.15) is 5.06 Å². The Labute approximate surface area is 277 Å². The van der Waals surface area contributed by atoms with E-state index in [9.17, 15) is 0 Å². The van der Waals surface area contributed by atoms with Gasteiger partial charge in [0.1, 0.15) is 13.9 Å². The second-order valence-electron chi connectivity index (χ2n) is 13.3. The van der Waals surface area contributed by atoms with Crippen LogP contribution in [0.15, 0.2) is 134 Å². The Hall–Kier alpha value is -5.17. The van der Waals surface area contributed by atoms with E-state index >= 15 is 0 Å². The summed E-state index contributed by atoms with van der Waals surface area (Å²) in [7, 11) is -2.16. The Bertz CT molecular complexity index is 2290. The van der Waals surface area contributed by atoms with Crippen LogP contribution in [0, 0.1) is 6.92 Å². The number of hydrogen-bond acceptors (Lipinski definition) is 4. The molecule has 7 aromatic rings. The van der Waals surface area contributed by atoms with Gasteiger partial charge >= 0.3 is 0 Å². The Morgan fingerprint density at radius 1 is 0.660 bits per heavy atom. The van der Waals surface area contributed by atoms with Gasteiger partial charge in [0, 0.05) is 17.0 Å². The smallest absolute Gasteiger partial charge is 0.138 e. The van der Waals surface area contributed by atoms with E-state index in [0.717, 1.165) is 28.4 Å². The van der Waals surface area contributed by atoms with Crippen molar-refractivity contribution in [3.63, 3.8) is 0 Å². The number of aromatic nitrogens is 2. The summed E-state index contributed by atoms with van der Waals surface area (Å²) in [5.41, 5.74) is 9.17. The van der Waals surface area contributed by atoms with E-state index in [-0.39, 0.29) is 6.04 Å². The third-order valence-electron chi connectivity index (χ3n) is 9.61. The van der Waals surface area contributed by atoms with Crippen molar-refractivity contribution < 1.29 is 4.94 Å². The number of anilines is 3. The van der Waals surface area contributed by atoms with Crippen LogP contribution in [0.3, 0.4) is 0 Å². The third-order valence-corrected chi connectivity index (χ3v) is 13.1. The monoisotopic (exact) mass is 630 g/mol. The molecule has 0 unspecified atom stereocenters. The van der Waals surface area contributed by atoms with Crippen molar-refractivity contribution in [2.24, 2.45) is 0 Å². The van der Waals surface area contributed by atoms with E-state index in [1.807, 2.05) is 16.3 Å². The number of para-hydroxylation sites is 3. The first-order valence-corrected chi connectivity index (χ1v) is 19.3. The van der Waals surface area contributed by atoms with E-state index in [2.05, 4.69) is 166 Å². The van der Waals surface area contributed by atoms with Crippen molar-refractivity contribution in [1.82, 2.24) is 9.55 Å². The summed E-state index contributed by atoms with van der Waals surface area (Å²) in [6.07, 6.45) is 1.94. The normalized spacial score (nSPS) is 13.2. The molecule has 0 fully saturated rings. The lowest BCUT2D eigenvalue weighted by molar-refractivity contribution is 0.113. The maximum Gasteiger partial charge on any atom is 0.138 e. The minimum absolute atomic E-state index is 0.209. The van der Waals surface area contributed by atoms with Crippen LogP contribution in [0.1, 0.15) is 19.4 Å². The fraction of sp³-hybridized carbons (Fsp3) is 0.146. The van der Waals surface area contributed by atoms with Crippen LogP contribution in [0.2, 0.25) is 13.1 Å². The van der Waals surface area contributed by atoms with Crippen molar-refractivity contribution in [2.45, 2.75) is 39.9 Å². The molecule has 232 valence electrons. The van der Waals surface area contributed by atoms with Gasteiger partial charge in [0.25, 0.3) is 0 Å². The lowest BCUT2D eigenvalue weighted by Crippen LogP contribution is -2.53. The highest BCUT2D eigenvalue weighted by Crippen LogP contribution is 2.42. The maximum atomic E-state index is 6.43. The lowest BCUT2D eigenvalue weighted by Gasteiger charge is -2.27. The number of hydrogen-bond donors (Lipinski definition) is 0. The zero-order valence-electron chi connectivity index (χ0n) is 27.5. The highest BCUT2D eigenvalue weighted by atomic mass is 28.3. The van der Waals surface area contributed by atoms with E-state index < -0.39 is 8.07 Å². The minimum atomic E-state index is -2.16. The van der Waals surface area contributed by atoms with Gasteiger partial charge in [0.2, 0.25) is 0 Å². The van der Waals surface area contributed by atoms with Crippen molar-refractivity contribution in [2.75, 3.05) is 10.1 Å². The standard InChI is InChI=1S/C41H38N4OSi/c1-28(2)44-38-19-10-11-20-39(38)45(46-44)31-14-12-15-32(26-31)47(4,5)33-21-22-36-35-17-8-9-18-37(35)43(40(36)27-33)41-25-30(23-24-42-41)34-16-7-6-13-29(34)3/h6-28H,1-5H3. The number of nitrogens with zero attached hydrogens (tertiary/aromatic N) is 4. The molecular formula is C41H38N4OSi. The summed E-state index contributed by atoms with van der Waals surface area (Å²) < 4.78 is 2.34. The number of aryl methyl sites for hydroxylation is 1. The zero-order chi connectivity index (χ0) is 32.3. The van der Waals surface area contributed by atoms with Crippen LogP contribution < -0.4 is 20.5 Å². The molecule has 0 bridgehead atoms. The molecule has 3 heterocycles. The van der Waals surface area contributed by atoms with Gasteiger partial charge in [-0.05, 0) is 86.0 Å². The molecule has 47 heavy (non-hydrogen) atoms. The van der Waals surface area contributed by atoms with Gasteiger partial charge in [-0.1, -0.05) is 102 Å². The molecule has 1 aliphatic rings. The van der Waals surface area contributed by atoms with Crippen LogP contribution in [-0.2, 0) is 4.94 Å². The molecule has 0 spiro atoms. The average molecular weight is 631 g/mol. The average Bonchev–Trinajstić information content (AvgIpc) is 3.65. The van der Waals surface area contributed by atoms with Gasteiger partial charge in [-0.25, -0.2) is 10.0 Å². The molecule has 0 aliphatic carbocycles. The first-order chi connectivity index (χ1) is 22.8. The molecule has 0 N–H and O–H groups in total. The number of hydroxylamine groups is 1. The molecule has 5 nitrogen and oxygen atoms in total. The molecule has 5 aromatic carbocycles.